The molecule has 2 aromatic heterocycles. The van der Waals surface area contributed by atoms with E-state index >= 15 is 0 Å². The maximum Gasteiger partial charge on any atom is 0.159 e. The second kappa shape index (κ2) is 8.37. The Hall–Kier alpha value is -5.80. The van der Waals surface area contributed by atoms with Crippen LogP contribution in [0.3, 0.4) is 0 Å². The summed E-state index contributed by atoms with van der Waals surface area (Å²) in [6.45, 7) is 0. The number of fused-ring (bicyclic) bond motifs is 6. The Labute approximate surface area is 246 Å². The molecular formula is C40H23NO2. The molecule has 200 valence electrons. The molecule has 0 saturated carbocycles. The first-order chi connectivity index (χ1) is 21.3. The van der Waals surface area contributed by atoms with E-state index in [1.165, 1.54) is 32.3 Å². The maximum absolute atomic E-state index is 6.63. The van der Waals surface area contributed by atoms with Crippen LogP contribution in [0.25, 0.3) is 76.2 Å². The van der Waals surface area contributed by atoms with Gasteiger partial charge < -0.3 is 13.7 Å². The molecule has 0 aliphatic rings. The second-order valence-corrected chi connectivity index (χ2v) is 11.3. The number of anilines is 3. The van der Waals surface area contributed by atoms with Gasteiger partial charge in [-0.3, -0.25) is 0 Å². The van der Waals surface area contributed by atoms with Gasteiger partial charge in [0.2, 0.25) is 0 Å². The lowest BCUT2D eigenvalue weighted by Crippen LogP contribution is -2.11. The van der Waals surface area contributed by atoms with E-state index < -0.39 is 0 Å². The molecule has 3 heteroatoms. The van der Waals surface area contributed by atoms with Gasteiger partial charge >= 0.3 is 0 Å². The molecule has 0 bridgehead atoms. The third-order valence-corrected chi connectivity index (χ3v) is 9.00. The molecule has 0 unspecified atom stereocenters. The summed E-state index contributed by atoms with van der Waals surface area (Å²) < 4.78 is 13.3. The molecule has 3 nitrogen and oxygen atoms in total. The molecule has 0 saturated heterocycles. The Morgan fingerprint density at radius 2 is 0.814 bits per heavy atom. The highest BCUT2D eigenvalue weighted by Gasteiger charge is 2.25. The van der Waals surface area contributed by atoms with E-state index in [4.69, 9.17) is 8.83 Å². The highest BCUT2D eigenvalue weighted by atomic mass is 16.3. The number of benzene rings is 8. The summed E-state index contributed by atoms with van der Waals surface area (Å²) in [7, 11) is 0. The van der Waals surface area contributed by atoms with E-state index in [0.29, 0.717) is 0 Å². The summed E-state index contributed by atoms with van der Waals surface area (Å²) in [6, 6.07) is 49.4. The number of para-hydroxylation sites is 4. The van der Waals surface area contributed by atoms with Gasteiger partial charge in [0, 0.05) is 26.9 Å². The van der Waals surface area contributed by atoms with E-state index in [-0.39, 0.29) is 0 Å². The van der Waals surface area contributed by atoms with Crippen molar-refractivity contribution in [3.05, 3.63) is 140 Å². The molecule has 2 heterocycles. The predicted octanol–water partition coefficient (Wildman–Crippen LogP) is 11.9. The molecule has 0 aliphatic heterocycles. The Morgan fingerprint density at radius 1 is 0.326 bits per heavy atom. The van der Waals surface area contributed by atoms with Crippen LogP contribution >= 0.6 is 0 Å². The standard InChI is InChI=1S/C40H23NO2/c1-3-16-35-27(10-1)29-12-6-14-33(39(29)42-35)41(34-15-7-13-30-28-11-2-4-17-36(28)43-40(30)34)32-23-21-26-19-18-24-8-5-9-25-20-22-31(32)38(26)37(24)25/h1-23H. The van der Waals surface area contributed by atoms with Gasteiger partial charge in [0.15, 0.2) is 11.2 Å². The van der Waals surface area contributed by atoms with Crippen LogP contribution in [0.5, 0.6) is 0 Å². The predicted molar refractivity (Wildman–Crippen MR) is 179 cm³/mol. The SMILES string of the molecule is c1cc2ccc3ccc(N(c4cccc5c4oc4ccccc45)c4cccc5c4oc4ccccc45)c4ccc(c1)c2c34. The summed E-state index contributed by atoms with van der Waals surface area (Å²) in [5.74, 6) is 0. The van der Waals surface area contributed by atoms with Crippen molar-refractivity contribution in [3.8, 4) is 0 Å². The fraction of sp³-hybridized carbons (Fsp3) is 0. The molecule has 0 N–H and O–H groups in total. The van der Waals surface area contributed by atoms with Gasteiger partial charge in [-0.25, -0.2) is 0 Å². The molecule has 10 aromatic rings. The molecular weight excluding hydrogens is 526 g/mol. The third-order valence-electron chi connectivity index (χ3n) is 9.00. The van der Waals surface area contributed by atoms with Crippen molar-refractivity contribution in [3.63, 3.8) is 0 Å². The molecule has 0 aliphatic carbocycles. The van der Waals surface area contributed by atoms with E-state index in [2.05, 4.69) is 120 Å². The summed E-state index contributed by atoms with van der Waals surface area (Å²) in [5.41, 5.74) is 6.47. The number of rotatable bonds is 3. The van der Waals surface area contributed by atoms with Crippen LogP contribution in [0.4, 0.5) is 17.1 Å². The highest BCUT2D eigenvalue weighted by molar-refractivity contribution is 6.26. The fourth-order valence-electron chi connectivity index (χ4n) is 7.12. The van der Waals surface area contributed by atoms with Crippen molar-refractivity contribution >= 4 is 93.3 Å². The molecule has 0 atom stereocenters. The van der Waals surface area contributed by atoms with Crippen molar-refractivity contribution in [2.45, 2.75) is 0 Å². The van der Waals surface area contributed by atoms with Crippen LogP contribution in [0.15, 0.2) is 148 Å². The third kappa shape index (κ3) is 3.08. The normalized spacial score (nSPS) is 12.2. The lowest BCUT2D eigenvalue weighted by molar-refractivity contribution is 0.666. The monoisotopic (exact) mass is 549 g/mol. The fourth-order valence-corrected chi connectivity index (χ4v) is 7.12. The van der Waals surface area contributed by atoms with Crippen LogP contribution < -0.4 is 4.90 Å². The largest absolute Gasteiger partial charge is 0.454 e. The van der Waals surface area contributed by atoms with Crippen LogP contribution in [0.2, 0.25) is 0 Å². The number of hydrogen-bond donors (Lipinski definition) is 0. The lowest BCUT2D eigenvalue weighted by Gasteiger charge is -2.27. The molecule has 43 heavy (non-hydrogen) atoms. The van der Waals surface area contributed by atoms with Crippen molar-refractivity contribution in [2.75, 3.05) is 4.90 Å². The quantitative estimate of drug-likeness (QED) is 0.205. The summed E-state index contributed by atoms with van der Waals surface area (Å²) in [5, 5.41) is 11.9. The van der Waals surface area contributed by atoms with Crippen molar-refractivity contribution in [1.29, 1.82) is 0 Å². The van der Waals surface area contributed by atoms with Gasteiger partial charge in [0.25, 0.3) is 0 Å². The van der Waals surface area contributed by atoms with Crippen LogP contribution in [0.1, 0.15) is 0 Å². The Morgan fingerprint density at radius 3 is 1.44 bits per heavy atom. The van der Waals surface area contributed by atoms with Gasteiger partial charge in [-0.1, -0.05) is 109 Å². The first-order valence-electron chi connectivity index (χ1n) is 14.6. The average Bonchev–Trinajstić information content (AvgIpc) is 3.64. The average molecular weight is 550 g/mol. The smallest absolute Gasteiger partial charge is 0.159 e. The Balaban J connectivity index is 1.37. The summed E-state index contributed by atoms with van der Waals surface area (Å²) in [4.78, 5) is 2.33. The zero-order chi connectivity index (χ0) is 28.1. The summed E-state index contributed by atoms with van der Waals surface area (Å²) >= 11 is 0. The van der Waals surface area contributed by atoms with Crippen LogP contribution in [-0.2, 0) is 0 Å². The topological polar surface area (TPSA) is 29.5 Å². The van der Waals surface area contributed by atoms with Gasteiger partial charge in [-0.05, 0) is 57.3 Å². The van der Waals surface area contributed by atoms with E-state index in [9.17, 15) is 0 Å². The van der Waals surface area contributed by atoms with Crippen molar-refractivity contribution in [2.24, 2.45) is 0 Å². The van der Waals surface area contributed by atoms with Gasteiger partial charge in [0.05, 0.1) is 17.1 Å². The molecule has 0 radical (unpaired) electrons. The Bertz CT molecular complexity index is 2560. The zero-order valence-corrected chi connectivity index (χ0v) is 23.0. The van der Waals surface area contributed by atoms with Crippen molar-refractivity contribution < 1.29 is 8.83 Å². The molecule has 0 fully saturated rings. The van der Waals surface area contributed by atoms with E-state index in [0.717, 1.165) is 60.9 Å². The first kappa shape index (κ1) is 22.8. The maximum atomic E-state index is 6.63. The minimum Gasteiger partial charge on any atom is -0.454 e. The second-order valence-electron chi connectivity index (χ2n) is 11.3. The molecule has 8 aromatic carbocycles. The summed E-state index contributed by atoms with van der Waals surface area (Å²) in [6.07, 6.45) is 0. The van der Waals surface area contributed by atoms with Crippen LogP contribution in [-0.4, -0.2) is 0 Å². The van der Waals surface area contributed by atoms with Gasteiger partial charge in [-0.2, -0.15) is 0 Å². The van der Waals surface area contributed by atoms with Crippen molar-refractivity contribution in [1.82, 2.24) is 0 Å². The molecule has 10 rings (SSSR count). The van der Waals surface area contributed by atoms with Crippen LogP contribution in [0, 0.1) is 0 Å². The number of nitrogens with zero attached hydrogens (tertiary/aromatic N) is 1. The lowest BCUT2D eigenvalue weighted by atomic mass is 9.93. The minimum absolute atomic E-state index is 0.850. The Kier molecular flexibility index (Phi) is 4.45. The van der Waals surface area contributed by atoms with E-state index in [1.807, 2.05) is 24.3 Å². The van der Waals surface area contributed by atoms with Gasteiger partial charge in [0.1, 0.15) is 11.2 Å². The zero-order valence-electron chi connectivity index (χ0n) is 23.0. The molecule has 0 spiro atoms. The number of hydrogen-bond acceptors (Lipinski definition) is 3. The molecule has 0 amide bonds. The number of furan rings is 2. The highest BCUT2D eigenvalue weighted by Crippen LogP contribution is 2.49. The van der Waals surface area contributed by atoms with E-state index in [1.54, 1.807) is 0 Å². The first-order valence-corrected chi connectivity index (χ1v) is 14.6. The minimum atomic E-state index is 0.850. The van der Waals surface area contributed by atoms with Gasteiger partial charge in [-0.15, -0.1) is 0 Å².